The fourth-order valence-electron chi connectivity index (χ4n) is 0.421. The normalized spacial score (nSPS) is 10.9. The van der Waals surface area contributed by atoms with Gasteiger partial charge in [-0.25, -0.2) is 9.79 Å². The number of nitrogens with one attached hydrogen (secondary N) is 1. The van der Waals surface area contributed by atoms with Crippen LogP contribution in [0.3, 0.4) is 0 Å². The highest BCUT2D eigenvalue weighted by atomic mass is 16.5. The van der Waals surface area contributed by atoms with E-state index in [1.165, 1.54) is 6.92 Å². The highest BCUT2D eigenvalue weighted by Gasteiger charge is 2.07. The first-order chi connectivity index (χ1) is 5.07. The zero-order chi connectivity index (χ0) is 8.85. The number of nitrogens with zero attached hydrogens (tertiary/aromatic N) is 1. The minimum atomic E-state index is -0.752. The summed E-state index contributed by atoms with van der Waals surface area (Å²) in [4.78, 5) is 14.1. The van der Waals surface area contributed by atoms with Crippen LogP contribution < -0.4 is 5.73 Å². The van der Waals surface area contributed by atoms with Crippen LogP contribution in [0.4, 0.5) is 0 Å². The van der Waals surface area contributed by atoms with Crippen molar-refractivity contribution in [3.8, 4) is 0 Å². The third kappa shape index (κ3) is 4.07. The molecule has 0 rings (SSSR count). The second-order valence-electron chi connectivity index (χ2n) is 1.82. The molecule has 5 heteroatoms. The Morgan fingerprint density at radius 2 is 2.27 bits per heavy atom. The summed E-state index contributed by atoms with van der Waals surface area (Å²) in [5.41, 5.74) is 5.13. The molecule has 0 aromatic carbocycles. The molecule has 62 valence electrons. The van der Waals surface area contributed by atoms with Crippen LogP contribution in [0.25, 0.3) is 0 Å². The summed E-state index contributed by atoms with van der Waals surface area (Å²) in [5, 5.41) is 6.99. The molecule has 0 spiro atoms. The van der Waals surface area contributed by atoms with Gasteiger partial charge < -0.3 is 10.5 Å². The van der Waals surface area contributed by atoms with Gasteiger partial charge in [-0.2, -0.15) is 0 Å². The molecule has 0 saturated carbocycles. The molecule has 0 radical (unpaired) electrons. The van der Waals surface area contributed by atoms with Crippen molar-refractivity contribution in [2.75, 3.05) is 6.61 Å². The SMILES string of the molecule is CCOC(=O)C(=N)/N=C(/C)N. The van der Waals surface area contributed by atoms with Gasteiger partial charge in [-0.05, 0) is 13.8 Å². The zero-order valence-electron chi connectivity index (χ0n) is 6.55. The summed E-state index contributed by atoms with van der Waals surface area (Å²) < 4.78 is 4.48. The van der Waals surface area contributed by atoms with Gasteiger partial charge >= 0.3 is 5.97 Å². The van der Waals surface area contributed by atoms with Crippen LogP contribution in [-0.4, -0.2) is 24.2 Å². The van der Waals surface area contributed by atoms with E-state index in [2.05, 4.69) is 9.73 Å². The first-order valence-corrected chi connectivity index (χ1v) is 3.14. The lowest BCUT2D eigenvalue weighted by Crippen LogP contribution is -2.18. The predicted octanol–water partition coefficient (Wildman–Crippen LogP) is -0.0961. The maximum Gasteiger partial charge on any atom is 0.375 e. The number of hydrogen-bond donors (Lipinski definition) is 2. The largest absolute Gasteiger partial charge is 0.460 e. The van der Waals surface area contributed by atoms with Crippen molar-refractivity contribution in [2.24, 2.45) is 10.7 Å². The first-order valence-electron chi connectivity index (χ1n) is 3.14. The monoisotopic (exact) mass is 157 g/mol. The number of ether oxygens (including phenoxy) is 1. The molecule has 0 aliphatic rings. The van der Waals surface area contributed by atoms with Crippen molar-refractivity contribution in [3.05, 3.63) is 0 Å². The molecule has 11 heavy (non-hydrogen) atoms. The smallest absolute Gasteiger partial charge is 0.375 e. The van der Waals surface area contributed by atoms with Gasteiger partial charge in [0.2, 0.25) is 5.84 Å². The van der Waals surface area contributed by atoms with Gasteiger partial charge in [-0.1, -0.05) is 0 Å². The summed E-state index contributed by atoms with van der Waals surface area (Å²) in [6.07, 6.45) is 0. The van der Waals surface area contributed by atoms with E-state index in [0.717, 1.165) is 0 Å². The summed E-state index contributed by atoms with van der Waals surface area (Å²) in [6, 6.07) is 0. The Bertz CT molecular complexity index is 194. The van der Waals surface area contributed by atoms with Gasteiger partial charge in [-0.3, -0.25) is 5.41 Å². The Balaban J connectivity index is 4.05. The molecule has 0 aliphatic heterocycles. The van der Waals surface area contributed by atoms with E-state index in [-0.39, 0.29) is 12.4 Å². The van der Waals surface area contributed by atoms with Crippen LogP contribution in [0, 0.1) is 5.41 Å². The molecule has 0 aliphatic carbocycles. The second-order valence-corrected chi connectivity index (χ2v) is 1.82. The molecule has 0 saturated heterocycles. The molecule has 0 bridgehead atoms. The standard InChI is InChI=1S/C6H11N3O2/c1-3-11-6(10)5(8)9-4(2)7/h3H2,1-2H3,(H3,7,8,9). The van der Waals surface area contributed by atoms with Crippen LogP contribution >= 0.6 is 0 Å². The minimum Gasteiger partial charge on any atom is -0.460 e. The van der Waals surface area contributed by atoms with E-state index >= 15 is 0 Å². The van der Waals surface area contributed by atoms with Gasteiger partial charge in [0.05, 0.1) is 12.4 Å². The maximum atomic E-state index is 10.7. The van der Waals surface area contributed by atoms with E-state index in [9.17, 15) is 4.79 Å². The molecule has 3 N–H and O–H groups in total. The van der Waals surface area contributed by atoms with Gasteiger partial charge in [0.25, 0.3) is 0 Å². The zero-order valence-corrected chi connectivity index (χ0v) is 6.55. The number of carbonyl (C=O) groups is 1. The van der Waals surface area contributed by atoms with E-state index in [1.807, 2.05) is 0 Å². The van der Waals surface area contributed by atoms with E-state index in [1.54, 1.807) is 6.92 Å². The lowest BCUT2D eigenvalue weighted by Gasteiger charge is -1.97. The molecular formula is C6H11N3O2. The quantitative estimate of drug-likeness (QED) is 0.316. The number of amidine groups is 2. The maximum absolute atomic E-state index is 10.7. The number of hydrogen-bond acceptors (Lipinski definition) is 3. The molecular weight excluding hydrogens is 146 g/mol. The Hall–Kier alpha value is -1.39. The van der Waals surface area contributed by atoms with Crippen molar-refractivity contribution in [1.29, 1.82) is 5.41 Å². The van der Waals surface area contributed by atoms with Crippen LogP contribution in [0.15, 0.2) is 4.99 Å². The molecule has 0 heterocycles. The molecule has 0 aromatic rings. The van der Waals surface area contributed by atoms with Crippen molar-refractivity contribution in [1.82, 2.24) is 0 Å². The number of esters is 1. The average Bonchev–Trinajstić information content (AvgIpc) is 1.86. The number of nitrogens with two attached hydrogens (primary N) is 1. The van der Waals surface area contributed by atoms with E-state index in [4.69, 9.17) is 11.1 Å². The Labute approximate surface area is 64.8 Å². The van der Waals surface area contributed by atoms with Crippen LogP contribution in [-0.2, 0) is 9.53 Å². The van der Waals surface area contributed by atoms with E-state index in [0.29, 0.717) is 0 Å². The highest BCUT2D eigenvalue weighted by molar-refractivity contribution is 6.36. The molecule has 0 atom stereocenters. The lowest BCUT2D eigenvalue weighted by molar-refractivity contribution is -0.135. The van der Waals surface area contributed by atoms with Crippen LogP contribution in [0.2, 0.25) is 0 Å². The Kier molecular flexibility index (Phi) is 3.87. The third-order valence-corrected chi connectivity index (χ3v) is 0.757. The first kappa shape index (κ1) is 9.61. The second kappa shape index (κ2) is 4.43. The summed E-state index contributed by atoms with van der Waals surface area (Å²) >= 11 is 0. The fourth-order valence-corrected chi connectivity index (χ4v) is 0.421. The van der Waals surface area contributed by atoms with Crippen molar-refractivity contribution in [3.63, 3.8) is 0 Å². The lowest BCUT2D eigenvalue weighted by atomic mass is 10.6. The molecule has 0 unspecified atom stereocenters. The minimum absolute atomic E-state index is 0.169. The average molecular weight is 157 g/mol. The topological polar surface area (TPSA) is 88.5 Å². The Morgan fingerprint density at radius 3 is 2.64 bits per heavy atom. The number of aliphatic imine (C=N–C) groups is 1. The summed E-state index contributed by atoms with van der Waals surface area (Å²) in [7, 11) is 0. The predicted molar refractivity (Wildman–Crippen MR) is 41.7 cm³/mol. The molecule has 0 fully saturated rings. The van der Waals surface area contributed by atoms with Gasteiger partial charge in [0.1, 0.15) is 0 Å². The molecule has 0 amide bonds. The molecule has 5 nitrogen and oxygen atoms in total. The number of rotatable bonds is 1. The van der Waals surface area contributed by atoms with Crippen molar-refractivity contribution in [2.45, 2.75) is 13.8 Å². The van der Waals surface area contributed by atoms with Crippen molar-refractivity contribution < 1.29 is 9.53 Å². The van der Waals surface area contributed by atoms with Gasteiger partial charge in [-0.15, -0.1) is 0 Å². The van der Waals surface area contributed by atoms with Gasteiger partial charge in [0.15, 0.2) is 0 Å². The van der Waals surface area contributed by atoms with Crippen LogP contribution in [0.5, 0.6) is 0 Å². The summed E-state index contributed by atoms with van der Waals surface area (Å²) in [5.74, 6) is -1.05. The number of carbonyl (C=O) groups excluding carboxylic acids is 1. The third-order valence-electron chi connectivity index (χ3n) is 0.757. The molecule has 0 aromatic heterocycles. The Morgan fingerprint density at radius 1 is 1.73 bits per heavy atom. The van der Waals surface area contributed by atoms with Crippen molar-refractivity contribution >= 4 is 17.6 Å². The van der Waals surface area contributed by atoms with E-state index < -0.39 is 11.8 Å². The van der Waals surface area contributed by atoms with Crippen LogP contribution in [0.1, 0.15) is 13.8 Å². The highest BCUT2D eigenvalue weighted by Crippen LogP contribution is 1.83. The fraction of sp³-hybridized carbons (Fsp3) is 0.500. The summed E-state index contributed by atoms with van der Waals surface area (Å²) in [6.45, 7) is 3.39. The van der Waals surface area contributed by atoms with Gasteiger partial charge in [0, 0.05) is 0 Å².